The van der Waals surface area contributed by atoms with E-state index in [0.717, 1.165) is 4.90 Å². The third-order valence-electron chi connectivity index (χ3n) is 2.28. The molecule has 3 N–H and O–H groups in total. The first-order chi connectivity index (χ1) is 10.8. The summed E-state index contributed by atoms with van der Waals surface area (Å²) in [5, 5.41) is 18.9. The summed E-state index contributed by atoms with van der Waals surface area (Å²) >= 11 is 0. The fourth-order valence-corrected chi connectivity index (χ4v) is 1.51. The van der Waals surface area contributed by atoms with Gasteiger partial charge in [0.2, 0.25) is 0 Å². The zero-order valence-electron chi connectivity index (χ0n) is 15.3. The van der Waals surface area contributed by atoms with Gasteiger partial charge in [-0.25, -0.2) is 9.59 Å². The lowest BCUT2D eigenvalue weighted by molar-refractivity contribution is -0.0456. The molecule has 9 nitrogen and oxygen atoms in total. The number of nitrogens with one attached hydrogen (secondary N) is 1. The van der Waals surface area contributed by atoms with E-state index in [1.807, 2.05) is 5.48 Å². The summed E-state index contributed by atoms with van der Waals surface area (Å²) in [5.74, 6) is 0. The molecule has 0 saturated heterocycles. The van der Waals surface area contributed by atoms with Crippen LogP contribution >= 0.6 is 0 Å². The van der Waals surface area contributed by atoms with E-state index in [0.29, 0.717) is 0 Å². The van der Waals surface area contributed by atoms with Gasteiger partial charge in [-0.1, -0.05) is 0 Å². The van der Waals surface area contributed by atoms with Crippen LogP contribution in [0.5, 0.6) is 0 Å². The minimum atomic E-state index is -1.08. The van der Waals surface area contributed by atoms with Crippen molar-refractivity contribution in [3.8, 4) is 0 Å². The van der Waals surface area contributed by atoms with E-state index in [2.05, 4.69) is 0 Å². The standard InChI is InChI=1S/C15H30N2O7/c1-14(2,3)23-12(20)16-22-10-11(19)9-17(7-8-18)13(21)24-15(4,5)6/h11,18-19H,7-10H2,1-6H3,(H,16,20). The Labute approximate surface area is 142 Å². The Bertz CT molecular complexity index is 402. The number of aliphatic hydroxyl groups excluding tert-OH is 2. The first-order valence-corrected chi connectivity index (χ1v) is 7.71. The fraction of sp³-hybridized carbons (Fsp3) is 0.867. The molecule has 0 aromatic carbocycles. The van der Waals surface area contributed by atoms with E-state index < -0.39 is 29.5 Å². The van der Waals surface area contributed by atoms with Crippen LogP contribution in [0.2, 0.25) is 0 Å². The largest absolute Gasteiger partial charge is 0.444 e. The van der Waals surface area contributed by atoms with Crippen molar-refractivity contribution in [3.05, 3.63) is 0 Å². The zero-order chi connectivity index (χ0) is 19.0. The van der Waals surface area contributed by atoms with Crippen molar-refractivity contribution in [1.82, 2.24) is 10.4 Å². The Morgan fingerprint density at radius 3 is 2.08 bits per heavy atom. The molecule has 1 atom stereocenters. The number of amides is 2. The summed E-state index contributed by atoms with van der Waals surface area (Å²) in [6.07, 6.45) is -2.52. The Morgan fingerprint density at radius 1 is 1.08 bits per heavy atom. The minimum Gasteiger partial charge on any atom is -0.444 e. The molecule has 0 aromatic heterocycles. The number of carbonyl (C=O) groups is 2. The lowest BCUT2D eigenvalue weighted by atomic mass is 10.2. The van der Waals surface area contributed by atoms with Crippen LogP contribution in [-0.2, 0) is 14.3 Å². The lowest BCUT2D eigenvalue weighted by Gasteiger charge is -2.28. The van der Waals surface area contributed by atoms with Gasteiger partial charge in [-0.05, 0) is 41.5 Å². The predicted molar refractivity (Wildman–Crippen MR) is 86.2 cm³/mol. The number of rotatable bonds is 7. The molecule has 0 radical (unpaired) electrons. The van der Waals surface area contributed by atoms with E-state index >= 15 is 0 Å². The van der Waals surface area contributed by atoms with Crippen molar-refractivity contribution in [2.24, 2.45) is 0 Å². The topological polar surface area (TPSA) is 118 Å². The molecular weight excluding hydrogens is 320 g/mol. The van der Waals surface area contributed by atoms with E-state index in [1.165, 1.54) is 0 Å². The van der Waals surface area contributed by atoms with Crippen LogP contribution in [0.4, 0.5) is 9.59 Å². The highest BCUT2D eigenvalue weighted by Crippen LogP contribution is 2.10. The Balaban J connectivity index is 4.31. The summed E-state index contributed by atoms with van der Waals surface area (Å²) < 4.78 is 10.1. The smallest absolute Gasteiger partial charge is 0.431 e. The molecule has 1 unspecified atom stereocenters. The van der Waals surface area contributed by atoms with Crippen LogP contribution in [0.1, 0.15) is 41.5 Å². The van der Waals surface area contributed by atoms with E-state index in [1.54, 1.807) is 41.5 Å². The minimum absolute atomic E-state index is 0.00542. The molecule has 0 aliphatic carbocycles. The van der Waals surface area contributed by atoms with Crippen molar-refractivity contribution in [1.29, 1.82) is 0 Å². The first kappa shape index (κ1) is 22.4. The van der Waals surface area contributed by atoms with Crippen LogP contribution in [0.25, 0.3) is 0 Å². The number of aliphatic hydroxyl groups is 2. The van der Waals surface area contributed by atoms with Gasteiger partial charge in [0.05, 0.1) is 19.3 Å². The second-order valence-corrected chi connectivity index (χ2v) is 7.22. The molecule has 0 aliphatic heterocycles. The van der Waals surface area contributed by atoms with Gasteiger partial charge in [0.25, 0.3) is 0 Å². The number of ether oxygens (including phenoxy) is 2. The summed E-state index contributed by atoms with van der Waals surface area (Å²) in [5.41, 5.74) is 0.682. The van der Waals surface area contributed by atoms with Gasteiger partial charge in [-0.3, -0.25) is 4.84 Å². The molecule has 0 rings (SSSR count). The highest BCUT2D eigenvalue weighted by atomic mass is 16.7. The van der Waals surface area contributed by atoms with Crippen molar-refractivity contribution in [2.75, 3.05) is 26.3 Å². The van der Waals surface area contributed by atoms with E-state index in [9.17, 15) is 14.7 Å². The molecule has 24 heavy (non-hydrogen) atoms. The molecular formula is C15H30N2O7. The molecule has 0 bridgehead atoms. The maximum Gasteiger partial charge on any atom is 0.431 e. The number of hydrogen-bond donors (Lipinski definition) is 3. The highest BCUT2D eigenvalue weighted by Gasteiger charge is 2.24. The third-order valence-corrected chi connectivity index (χ3v) is 2.28. The maximum atomic E-state index is 12.0. The molecule has 0 aromatic rings. The third kappa shape index (κ3) is 11.9. The number of nitrogens with zero attached hydrogens (tertiary/aromatic N) is 1. The van der Waals surface area contributed by atoms with Crippen LogP contribution in [0, 0.1) is 0 Å². The molecule has 0 heterocycles. The molecule has 2 amide bonds. The van der Waals surface area contributed by atoms with Crippen LogP contribution in [-0.4, -0.2) is 70.9 Å². The van der Waals surface area contributed by atoms with Crippen molar-refractivity contribution < 1.29 is 34.1 Å². The van der Waals surface area contributed by atoms with Crippen molar-refractivity contribution in [2.45, 2.75) is 58.8 Å². The molecule has 0 aliphatic rings. The van der Waals surface area contributed by atoms with Gasteiger partial charge in [0.15, 0.2) is 0 Å². The van der Waals surface area contributed by atoms with Crippen LogP contribution in [0.15, 0.2) is 0 Å². The SMILES string of the molecule is CC(C)(C)OC(=O)NOCC(O)CN(CCO)C(=O)OC(C)(C)C. The Kier molecular flexibility index (Phi) is 9.02. The summed E-state index contributed by atoms with van der Waals surface area (Å²) in [4.78, 5) is 29.4. The molecule has 0 saturated carbocycles. The van der Waals surface area contributed by atoms with Gasteiger partial charge < -0.3 is 24.6 Å². The average Bonchev–Trinajstić information content (AvgIpc) is 2.33. The molecule has 9 heteroatoms. The Hall–Kier alpha value is -1.58. The van der Waals surface area contributed by atoms with E-state index in [-0.39, 0.29) is 26.3 Å². The van der Waals surface area contributed by atoms with Gasteiger partial charge in [-0.2, -0.15) is 5.48 Å². The fourth-order valence-electron chi connectivity index (χ4n) is 1.51. The summed E-state index contributed by atoms with van der Waals surface area (Å²) in [6.45, 7) is 9.61. The summed E-state index contributed by atoms with van der Waals surface area (Å²) in [7, 11) is 0. The number of hydroxylamine groups is 1. The second-order valence-electron chi connectivity index (χ2n) is 7.22. The highest BCUT2D eigenvalue weighted by molar-refractivity contribution is 5.68. The zero-order valence-corrected chi connectivity index (χ0v) is 15.3. The number of hydrogen-bond acceptors (Lipinski definition) is 7. The van der Waals surface area contributed by atoms with E-state index in [4.69, 9.17) is 19.4 Å². The normalized spacial score (nSPS) is 13.2. The molecule has 0 spiro atoms. The van der Waals surface area contributed by atoms with Crippen molar-refractivity contribution in [3.63, 3.8) is 0 Å². The lowest BCUT2D eigenvalue weighted by Crippen LogP contribution is -2.44. The predicted octanol–water partition coefficient (Wildman–Crippen LogP) is 1.03. The number of carbonyl (C=O) groups excluding carboxylic acids is 2. The quantitative estimate of drug-likeness (QED) is 0.587. The van der Waals surface area contributed by atoms with Gasteiger partial charge in [-0.15, -0.1) is 0 Å². The molecule has 142 valence electrons. The van der Waals surface area contributed by atoms with Crippen molar-refractivity contribution >= 4 is 12.2 Å². The second kappa shape index (κ2) is 9.65. The van der Waals surface area contributed by atoms with Gasteiger partial charge >= 0.3 is 12.2 Å². The van der Waals surface area contributed by atoms with Crippen LogP contribution in [0.3, 0.4) is 0 Å². The summed E-state index contributed by atoms with van der Waals surface area (Å²) in [6, 6.07) is 0. The molecule has 0 fully saturated rings. The van der Waals surface area contributed by atoms with Gasteiger partial charge in [0.1, 0.15) is 17.8 Å². The average molecular weight is 350 g/mol. The monoisotopic (exact) mass is 350 g/mol. The van der Waals surface area contributed by atoms with Crippen LogP contribution < -0.4 is 5.48 Å². The Morgan fingerprint density at radius 2 is 1.62 bits per heavy atom. The first-order valence-electron chi connectivity index (χ1n) is 7.71. The van der Waals surface area contributed by atoms with Gasteiger partial charge in [0, 0.05) is 6.54 Å². The maximum absolute atomic E-state index is 12.0.